The number of fused-ring (bicyclic) bond motifs is 1. The first-order valence-electron chi connectivity index (χ1n) is 7.94. The fourth-order valence-corrected chi connectivity index (χ4v) is 3.78. The first kappa shape index (κ1) is 15.2. The van der Waals surface area contributed by atoms with Crippen LogP contribution in [0.4, 0.5) is 0 Å². The summed E-state index contributed by atoms with van der Waals surface area (Å²) in [5.41, 5.74) is 8.04. The topological polar surface area (TPSA) is 96.0 Å². The highest BCUT2D eigenvalue weighted by Gasteiger charge is 2.56. The highest BCUT2D eigenvalue weighted by atomic mass is 16.3. The van der Waals surface area contributed by atoms with Crippen LogP contribution in [0.2, 0.25) is 0 Å². The summed E-state index contributed by atoms with van der Waals surface area (Å²) in [5.74, 6) is 1.16. The molecule has 1 amide bonds. The summed E-state index contributed by atoms with van der Waals surface area (Å²) < 4.78 is 0. The van der Waals surface area contributed by atoms with Crippen LogP contribution in [0.5, 0.6) is 0 Å². The molecule has 1 aliphatic heterocycles. The van der Waals surface area contributed by atoms with Crippen molar-refractivity contribution < 1.29 is 14.7 Å². The molecule has 0 spiro atoms. The van der Waals surface area contributed by atoms with E-state index in [0.717, 1.165) is 30.5 Å². The number of likely N-dealkylation sites (tertiary alicyclic amines) is 1. The number of carbonyl (C=O) groups is 2. The molecule has 1 heterocycles. The Morgan fingerprint density at radius 2 is 2.00 bits per heavy atom. The van der Waals surface area contributed by atoms with Crippen LogP contribution in [0.3, 0.4) is 0 Å². The Hall–Kier alpha value is -1.69. The van der Waals surface area contributed by atoms with Crippen molar-refractivity contribution in [3.05, 3.63) is 11.3 Å². The molecular weight excluding hydrogens is 282 g/mol. The maximum Gasteiger partial charge on any atom is 0.270 e. The second-order valence-corrected chi connectivity index (χ2v) is 6.59. The summed E-state index contributed by atoms with van der Waals surface area (Å²) in [6.07, 6.45) is 2.47. The molecule has 6 nitrogen and oxygen atoms in total. The lowest BCUT2D eigenvalue weighted by molar-refractivity contribution is -0.127. The smallest absolute Gasteiger partial charge is 0.270 e. The minimum atomic E-state index is -0.115. The molecule has 1 saturated heterocycles. The van der Waals surface area contributed by atoms with Gasteiger partial charge in [-0.1, -0.05) is 0 Å². The molecule has 3 fully saturated rings. The highest BCUT2D eigenvalue weighted by molar-refractivity contribution is 6.09. The number of aliphatic imine (C=N–C) groups is 1. The maximum atomic E-state index is 12.5. The number of aliphatic hydroxyl groups excluding tert-OH is 1. The molecule has 3 N–H and O–H groups in total. The molecule has 0 aromatic heterocycles. The van der Waals surface area contributed by atoms with E-state index in [0.29, 0.717) is 36.5 Å². The maximum absolute atomic E-state index is 12.5. The van der Waals surface area contributed by atoms with Gasteiger partial charge < -0.3 is 15.7 Å². The van der Waals surface area contributed by atoms with Crippen molar-refractivity contribution in [1.29, 1.82) is 0 Å². The summed E-state index contributed by atoms with van der Waals surface area (Å²) in [6, 6.07) is 0. The summed E-state index contributed by atoms with van der Waals surface area (Å²) in [4.78, 5) is 29.7. The molecule has 2 aliphatic carbocycles. The van der Waals surface area contributed by atoms with Gasteiger partial charge in [-0.05, 0) is 43.9 Å². The first-order chi connectivity index (χ1) is 10.5. The fourth-order valence-electron chi connectivity index (χ4n) is 3.78. The van der Waals surface area contributed by atoms with E-state index in [1.165, 1.54) is 6.92 Å². The van der Waals surface area contributed by atoms with Gasteiger partial charge in [0.2, 0.25) is 0 Å². The Morgan fingerprint density at radius 3 is 2.59 bits per heavy atom. The fraction of sp³-hybridized carbons (Fsp3) is 0.688. The quantitative estimate of drug-likeness (QED) is 0.721. The number of rotatable bonds is 4. The zero-order valence-corrected chi connectivity index (χ0v) is 12.9. The van der Waals surface area contributed by atoms with E-state index in [2.05, 4.69) is 4.99 Å². The number of hydrogen-bond donors (Lipinski definition) is 2. The van der Waals surface area contributed by atoms with Gasteiger partial charge in [0, 0.05) is 31.0 Å². The van der Waals surface area contributed by atoms with Crippen LogP contribution in [0.25, 0.3) is 0 Å². The van der Waals surface area contributed by atoms with E-state index in [1.807, 2.05) is 0 Å². The summed E-state index contributed by atoms with van der Waals surface area (Å²) >= 11 is 0. The zero-order chi connectivity index (χ0) is 15.9. The molecule has 0 radical (unpaired) electrons. The average molecular weight is 305 g/mol. The molecule has 0 aromatic carbocycles. The standard InChI is InChI=1S/C16H23N3O3/c1-9(21)5-18-14-4-2-3-10(14)15(17)16(22)19-6-11-12(7-19)13(11)8-20/h11-13,20H,2-8,17H2,1H3/b15-10-,18-14?. The number of aliphatic hydroxyl groups is 1. The van der Waals surface area contributed by atoms with E-state index in [9.17, 15) is 14.7 Å². The van der Waals surface area contributed by atoms with Crippen molar-refractivity contribution in [2.75, 3.05) is 26.2 Å². The van der Waals surface area contributed by atoms with Gasteiger partial charge in [-0.15, -0.1) is 0 Å². The molecule has 2 saturated carbocycles. The van der Waals surface area contributed by atoms with Gasteiger partial charge in [0.25, 0.3) is 5.91 Å². The van der Waals surface area contributed by atoms with E-state index in [1.54, 1.807) is 4.90 Å². The Morgan fingerprint density at radius 1 is 1.32 bits per heavy atom. The van der Waals surface area contributed by atoms with Gasteiger partial charge in [0.1, 0.15) is 5.70 Å². The number of amides is 1. The van der Waals surface area contributed by atoms with Crippen LogP contribution >= 0.6 is 0 Å². The normalized spacial score (nSPS) is 34.0. The van der Waals surface area contributed by atoms with Crippen LogP contribution in [0.1, 0.15) is 26.2 Å². The number of allylic oxidation sites excluding steroid dienone is 1. The van der Waals surface area contributed by atoms with Crippen LogP contribution in [-0.4, -0.2) is 53.6 Å². The van der Waals surface area contributed by atoms with Crippen molar-refractivity contribution >= 4 is 17.4 Å². The third kappa shape index (κ3) is 2.67. The van der Waals surface area contributed by atoms with Gasteiger partial charge in [-0.3, -0.25) is 14.6 Å². The minimum Gasteiger partial charge on any atom is -0.396 e. The summed E-state index contributed by atoms with van der Waals surface area (Å²) in [5, 5.41) is 9.18. The molecular formula is C16H23N3O3. The number of nitrogens with two attached hydrogens (primary N) is 1. The Labute approximate surface area is 130 Å². The van der Waals surface area contributed by atoms with E-state index >= 15 is 0 Å². The lowest BCUT2D eigenvalue weighted by Gasteiger charge is -2.20. The second-order valence-electron chi connectivity index (χ2n) is 6.59. The van der Waals surface area contributed by atoms with Crippen LogP contribution in [-0.2, 0) is 9.59 Å². The third-order valence-corrected chi connectivity index (χ3v) is 5.11. The lowest BCUT2D eigenvalue weighted by atomic mass is 10.1. The molecule has 22 heavy (non-hydrogen) atoms. The highest BCUT2D eigenvalue weighted by Crippen LogP contribution is 2.51. The largest absolute Gasteiger partial charge is 0.396 e. The van der Waals surface area contributed by atoms with Gasteiger partial charge >= 0.3 is 0 Å². The van der Waals surface area contributed by atoms with Gasteiger partial charge in [-0.2, -0.15) is 0 Å². The Bertz CT molecular complexity index is 555. The number of hydrogen-bond acceptors (Lipinski definition) is 5. The Balaban J connectivity index is 1.69. The lowest BCUT2D eigenvalue weighted by Crippen LogP contribution is -2.36. The number of piperidine rings is 1. The van der Waals surface area contributed by atoms with Crippen LogP contribution in [0.15, 0.2) is 16.3 Å². The van der Waals surface area contributed by atoms with Gasteiger partial charge in [0.15, 0.2) is 5.78 Å². The van der Waals surface area contributed by atoms with E-state index in [4.69, 9.17) is 5.73 Å². The monoisotopic (exact) mass is 305 g/mol. The predicted octanol–water partition coefficient (Wildman–Crippen LogP) is 0.110. The van der Waals surface area contributed by atoms with Crippen molar-refractivity contribution in [2.45, 2.75) is 26.2 Å². The molecule has 120 valence electrons. The summed E-state index contributed by atoms with van der Waals surface area (Å²) in [6.45, 7) is 3.28. The zero-order valence-electron chi connectivity index (χ0n) is 12.9. The van der Waals surface area contributed by atoms with Crippen molar-refractivity contribution in [2.24, 2.45) is 28.5 Å². The van der Waals surface area contributed by atoms with E-state index in [-0.39, 0.29) is 24.8 Å². The molecule has 2 unspecified atom stereocenters. The minimum absolute atomic E-state index is 0.0123. The SMILES string of the molecule is CC(=O)CN=C1CCC/C1=C(/N)C(=O)N1CC2C(CO)C2C1. The number of nitrogens with zero attached hydrogens (tertiary/aromatic N) is 2. The first-order valence-corrected chi connectivity index (χ1v) is 7.94. The van der Waals surface area contributed by atoms with Crippen LogP contribution in [0, 0.1) is 17.8 Å². The Kier molecular flexibility index (Phi) is 4.04. The number of ketones is 1. The van der Waals surface area contributed by atoms with Crippen LogP contribution < -0.4 is 5.73 Å². The molecule has 2 atom stereocenters. The number of Topliss-reactive ketones (excluding diaryl/α,β-unsaturated/α-hetero) is 1. The van der Waals surface area contributed by atoms with Crippen molar-refractivity contribution in [3.63, 3.8) is 0 Å². The molecule has 0 bridgehead atoms. The molecule has 6 heteroatoms. The van der Waals surface area contributed by atoms with Gasteiger partial charge in [0.05, 0.1) is 6.54 Å². The third-order valence-electron chi connectivity index (χ3n) is 5.11. The predicted molar refractivity (Wildman–Crippen MR) is 82.2 cm³/mol. The number of carbonyl (C=O) groups excluding carboxylic acids is 2. The van der Waals surface area contributed by atoms with Gasteiger partial charge in [-0.25, -0.2) is 0 Å². The molecule has 3 rings (SSSR count). The molecule has 3 aliphatic rings. The average Bonchev–Trinajstić information content (AvgIpc) is 2.88. The van der Waals surface area contributed by atoms with E-state index < -0.39 is 0 Å². The van der Waals surface area contributed by atoms with Crippen molar-refractivity contribution in [3.8, 4) is 0 Å². The second kappa shape index (κ2) is 5.83. The molecule has 0 aromatic rings. The summed E-state index contributed by atoms with van der Waals surface area (Å²) in [7, 11) is 0. The van der Waals surface area contributed by atoms with Crippen molar-refractivity contribution in [1.82, 2.24) is 4.90 Å².